The second-order valence-corrected chi connectivity index (χ2v) is 10.6. The summed E-state index contributed by atoms with van der Waals surface area (Å²) < 4.78 is 0. The van der Waals surface area contributed by atoms with Gasteiger partial charge in [-0.1, -0.05) is 24.9 Å². The van der Waals surface area contributed by atoms with E-state index in [9.17, 15) is 34.8 Å². The molecule has 1 amide bonds. The van der Waals surface area contributed by atoms with Gasteiger partial charge >= 0.3 is 0 Å². The van der Waals surface area contributed by atoms with Gasteiger partial charge in [-0.15, -0.1) is 0 Å². The van der Waals surface area contributed by atoms with Gasteiger partial charge in [-0.2, -0.15) is 0 Å². The largest absolute Gasteiger partial charge is 0.510 e. The molecule has 4 atom stereocenters. The SMILES string of the molecule is CCCCNCc1cc(O)c2c(c1Cl)C[C@H]1C[C@H]3[C@H](N(C)C)C(O)=C(C(N)=O)C(=O)[C@@]3(O)C(O)=C1C2=O. The molecule has 1 aromatic rings. The van der Waals surface area contributed by atoms with Crippen LogP contribution in [0, 0.1) is 11.8 Å². The Labute approximate surface area is 219 Å². The highest BCUT2D eigenvalue weighted by Gasteiger charge is 2.63. The van der Waals surface area contributed by atoms with Crippen molar-refractivity contribution in [1.82, 2.24) is 10.2 Å². The molecular weight excluding hydrogens is 502 g/mol. The lowest BCUT2D eigenvalue weighted by Gasteiger charge is -2.50. The molecule has 7 N–H and O–H groups in total. The number of hydrogen-bond acceptors (Lipinski definition) is 9. The topological polar surface area (TPSA) is 173 Å². The molecule has 0 aliphatic heterocycles. The van der Waals surface area contributed by atoms with Crippen LogP contribution in [-0.4, -0.2) is 75.1 Å². The van der Waals surface area contributed by atoms with Crippen LogP contribution in [0.15, 0.2) is 28.7 Å². The summed E-state index contributed by atoms with van der Waals surface area (Å²) in [6, 6.07) is 0.360. The first-order valence-electron chi connectivity index (χ1n) is 12.3. The van der Waals surface area contributed by atoms with Gasteiger partial charge < -0.3 is 31.5 Å². The predicted octanol–water partition coefficient (Wildman–Crippen LogP) is 1.66. The van der Waals surface area contributed by atoms with Gasteiger partial charge in [-0.25, -0.2) is 0 Å². The number of nitrogens with zero attached hydrogens (tertiary/aromatic N) is 1. The summed E-state index contributed by atoms with van der Waals surface area (Å²) in [6.07, 6.45) is 2.16. The van der Waals surface area contributed by atoms with Gasteiger partial charge in [0.05, 0.1) is 11.6 Å². The van der Waals surface area contributed by atoms with Crippen LogP contribution in [0.2, 0.25) is 5.02 Å². The molecule has 3 aliphatic rings. The average molecular weight is 534 g/mol. The molecule has 10 nitrogen and oxygen atoms in total. The highest BCUT2D eigenvalue weighted by Crippen LogP contribution is 2.53. The van der Waals surface area contributed by atoms with Gasteiger partial charge in [-0.05, 0) is 63.0 Å². The van der Waals surface area contributed by atoms with Crippen molar-refractivity contribution in [2.75, 3.05) is 20.6 Å². The van der Waals surface area contributed by atoms with Crippen molar-refractivity contribution in [3.63, 3.8) is 0 Å². The molecule has 4 rings (SSSR count). The number of halogens is 1. The number of nitrogens with one attached hydrogen (secondary N) is 1. The summed E-state index contributed by atoms with van der Waals surface area (Å²) in [5.74, 6) is -6.84. The minimum atomic E-state index is -2.66. The molecule has 0 bridgehead atoms. The van der Waals surface area contributed by atoms with Crippen LogP contribution < -0.4 is 11.1 Å². The van der Waals surface area contributed by atoms with Crippen molar-refractivity contribution >= 4 is 29.1 Å². The van der Waals surface area contributed by atoms with E-state index in [1.165, 1.54) is 11.0 Å². The zero-order chi connectivity index (χ0) is 27.4. The van der Waals surface area contributed by atoms with Crippen LogP contribution in [0.4, 0.5) is 0 Å². The molecule has 0 aromatic heterocycles. The zero-order valence-corrected chi connectivity index (χ0v) is 21.7. The Kier molecular flexibility index (Phi) is 7.15. The van der Waals surface area contributed by atoms with Crippen LogP contribution in [0.3, 0.4) is 0 Å². The Morgan fingerprint density at radius 1 is 1.27 bits per heavy atom. The van der Waals surface area contributed by atoms with Crippen molar-refractivity contribution in [1.29, 1.82) is 0 Å². The summed E-state index contributed by atoms with van der Waals surface area (Å²) in [5.41, 5.74) is 2.59. The fraction of sp³-hybridized carbons (Fsp3) is 0.500. The number of aliphatic hydroxyl groups excluding tert-OH is 2. The number of fused-ring (bicyclic) bond motifs is 3. The number of amides is 1. The molecule has 1 aromatic carbocycles. The number of carbonyl (C=O) groups is 3. The van der Waals surface area contributed by atoms with Gasteiger partial charge in [0.15, 0.2) is 11.4 Å². The van der Waals surface area contributed by atoms with Crippen LogP contribution in [-0.2, 0) is 22.6 Å². The summed E-state index contributed by atoms with van der Waals surface area (Å²) in [7, 11) is 3.17. The minimum Gasteiger partial charge on any atom is -0.510 e. The van der Waals surface area contributed by atoms with Gasteiger partial charge in [0.1, 0.15) is 22.8 Å². The van der Waals surface area contributed by atoms with Crippen molar-refractivity contribution in [3.8, 4) is 5.75 Å². The Hall–Kier alpha value is -2.92. The second-order valence-electron chi connectivity index (χ2n) is 10.2. The van der Waals surface area contributed by atoms with Crippen molar-refractivity contribution in [3.05, 3.63) is 50.4 Å². The average Bonchev–Trinajstić information content (AvgIpc) is 2.81. The first-order chi connectivity index (χ1) is 17.4. The maximum atomic E-state index is 13.6. The third-order valence-electron chi connectivity index (χ3n) is 7.75. The van der Waals surface area contributed by atoms with E-state index in [0.717, 1.165) is 19.4 Å². The maximum Gasteiger partial charge on any atom is 0.255 e. The Morgan fingerprint density at radius 3 is 2.54 bits per heavy atom. The number of ketones is 2. The summed E-state index contributed by atoms with van der Waals surface area (Å²) in [5, 5.41) is 48.1. The predicted molar refractivity (Wildman–Crippen MR) is 135 cm³/mol. The van der Waals surface area contributed by atoms with Crippen LogP contribution >= 0.6 is 11.6 Å². The first kappa shape index (κ1) is 27.1. The molecule has 200 valence electrons. The lowest BCUT2D eigenvalue weighted by atomic mass is 9.58. The van der Waals surface area contributed by atoms with E-state index in [1.54, 1.807) is 14.1 Å². The minimum absolute atomic E-state index is 0.0157. The number of allylic oxidation sites excluding steroid dienone is 1. The van der Waals surface area contributed by atoms with E-state index in [2.05, 4.69) is 12.2 Å². The second kappa shape index (κ2) is 9.75. The molecule has 0 unspecified atom stereocenters. The first-order valence-corrected chi connectivity index (χ1v) is 12.6. The van der Waals surface area contributed by atoms with Crippen LogP contribution in [0.1, 0.15) is 47.7 Å². The number of aromatic hydroxyl groups is 1. The number of likely N-dealkylation sites (N-methyl/N-ethyl adjacent to an activating group) is 1. The zero-order valence-electron chi connectivity index (χ0n) is 21.0. The molecule has 3 aliphatic carbocycles. The molecule has 0 saturated heterocycles. The van der Waals surface area contributed by atoms with Crippen LogP contribution in [0.25, 0.3) is 0 Å². The van der Waals surface area contributed by atoms with Crippen LogP contribution in [0.5, 0.6) is 5.75 Å². The van der Waals surface area contributed by atoms with E-state index < -0.39 is 58.0 Å². The van der Waals surface area contributed by atoms with E-state index in [-0.39, 0.29) is 29.7 Å². The number of benzene rings is 1. The smallest absolute Gasteiger partial charge is 0.255 e. The van der Waals surface area contributed by atoms with E-state index in [0.29, 0.717) is 22.7 Å². The molecule has 0 fully saturated rings. The lowest BCUT2D eigenvalue weighted by Crippen LogP contribution is -2.63. The number of rotatable bonds is 7. The third kappa shape index (κ3) is 4.03. The molecule has 0 radical (unpaired) electrons. The Bertz CT molecular complexity index is 1260. The van der Waals surface area contributed by atoms with Gasteiger partial charge in [0, 0.05) is 23.1 Å². The number of Topliss-reactive ketones (excluding diaryl/α,β-unsaturated/α-hetero) is 2. The summed E-state index contributed by atoms with van der Waals surface area (Å²) in [6.45, 7) is 3.22. The standard InChI is InChI=1S/C26H32ClN3O7/c1-4-5-6-29-10-12-9-15(31)17-13(19(12)27)7-11-8-14-20(30(2)3)22(33)18(25(28)36)24(35)26(14,37)23(34)16(11)21(17)32/h9,11,14,20,29,31,33-34,37H,4-8,10H2,1-3H3,(H2,28,36)/t11-,14-,20-,26-/m0/s1. The fourth-order valence-corrected chi connectivity index (χ4v) is 6.30. The number of aliphatic hydroxyl groups is 3. The number of unbranched alkanes of at least 4 members (excludes halogenated alkanes) is 1. The Morgan fingerprint density at radius 2 is 1.95 bits per heavy atom. The number of primary amides is 1. The van der Waals surface area contributed by atoms with E-state index in [4.69, 9.17) is 17.3 Å². The highest BCUT2D eigenvalue weighted by molar-refractivity contribution is 6.33. The van der Waals surface area contributed by atoms with Crippen molar-refractivity contribution in [2.45, 2.75) is 50.8 Å². The highest BCUT2D eigenvalue weighted by atomic mass is 35.5. The summed E-state index contributed by atoms with van der Waals surface area (Å²) in [4.78, 5) is 40.5. The monoisotopic (exact) mass is 533 g/mol. The number of carbonyl (C=O) groups excluding carboxylic acids is 3. The number of phenols is 1. The molecular formula is C26H32ClN3O7. The van der Waals surface area contributed by atoms with Gasteiger partial charge in [-0.3, -0.25) is 19.3 Å². The maximum absolute atomic E-state index is 13.6. The third-order valence-corrected chi connectivity index (χ3v) is 8.22. The fourth-order valence-electron chi connectivity index (χ4n) is 6.01. The van der Waals surface area contributed by atoms with Gasteiger partial charge in [0.25, 0.3) is 5.91 Å². The molecule has 0 spiro atoms. The van der Waals surface area contributed by atoms with E-state index >= 15 is 0 Å². The lowest BCUT2D eigenvalue weighted by molar-refractivity contribution is -0.148. The number of phenolic OH excluding ortho intramolecular Hbond substituents is 1. The normalized spacial score (nSPS) is 27.4. The quantitative estimate of drug-likeness (QED) is 0.225. The van der Waals surface area contributed by atoms with Crippen molar-refractivity contribution in [2.24, 2.45) is 17.6 Å². The molecule has 37 heavy (non-hydrogen) atoms. The van der Waals surface area contributed by atoms with E-state index in [1.807, 2.05) is 0 Å². The Balaban J connectivity index is 1.84. The number of hydrogen-bond donors (Lipinski definition) is 6. The number of nitrogens with two attached hydrogens (primary N) is 1. The van der Waals surface area contributed by atoms with Crippen molar-refractivity contribution < 1.29 is 34.8 Å². The van der Waals surface area contributed by atoms with Gasteiger partial charge in [0.2, 0.25) is 5.78 Å². The summed E-state index contributed by atoms with van der Waals surface area (Å²) >= 11 is 6.70. The molecule has 0 saturated carbocycles. The molecule has 0 heterocycles. The molecule has 11 heteroatoms.